The Kier molecular flexibility index (Phi) is 5.25. The number of benzene rings is 2. The van der Waals surface area contributed by atoms with Gasteiger partial charge < -0.3 is 9.88 Å². The number of amides is 1. The van der Waals surface area contributed by atoms with Crippen LogP contribution in [0.4, 0.5) is 4.39 Å². The van der Waals surface area contributed by atoms with Crippen LogP contribution in [0.1, 0.15) is 5.56 Å². The summed E-state index contributed by atoms with van der Waals surface area (Å²) < 4.78 is 15.3. The van der Waals surface area contributed by atoms with Crippen molar-refractivity contribution < 1.29 is 9.18 Å². The van der Waals surface area contributed by atoms with E-state index in [0.717, 1.165) is 16.3 Å². The first-order chi connectivity index (χ1) is 13.7. The molecular weight excluding hydrogens is 375 g/mol. The Hall–Kier alpha value is -3.32. The van der Waals surface area contributed by atoms with Crippen LogP contribution in [-0.2, 0) is 17.9 Å². The van der Waals surface area contributed by atoms with Crippen molar-refractivity contribution in [3.05, 3.63) is 83.9 Å². The van der Waals surface area contributed by atoms with Gasteiger partial charge in [-0.05, 0) is 6.07 Å². The monoisotopic (exact) mass is 392 g/mol. The van der Waals surface area contributed by atoms with Crippen molar-refractivity contribution in [2.75, 3.05) is 0 Å². The third kappa shape index (κ3) is 4.15. The molecule has 28 heavy (non-hydrogen) atoms. The molecule has 1 amide bonds. The molecule has 7 heteroatoms. The molecular formula is C21H17FN4OS. The van der Waals surface area contributed by atoms with Gasteiger partial charge in [-0.15, -0.1) is 11.3 Å². The molecule has 0 aliphatic carbocycles. The smallest absolute Gasteiger partial charge is 0.240 e. The maximum atomic E-state index is 13.6. The number of thiazole rings is 1. The highest BCUT2D eigenvalue weighted by Crippen LogP contribution is 2.27. The Morgan fingerprint density at radius 3 is 2.68 bits per heavy atom. The average Bonchev–Trinajstić information content (AvgIpc) is 3.38. The topological polar surface area (TPSA) is 59.8 Å². The molecule has 1 N–H and O–H groups in total. The molecule has 0 aliphatic heterocycles. The average molecular weight is 392 g/mol. The van der Waals surface area contributed by atoms with E-state index in [0.29, 0.717) is 11.3 Å². The number of rotatable bonds is 6. The second kappa shape index (κ2) is 8.14. The first-order valence-corrected chi connectivity index (χ1v) is 9.60. The van der Waals surface area contributed by atoms with Gasteiger partial charge in [-0.1, -0.05) is 48.5 Å². The molecule has 4 aromatic rings. The first kappa shape index (κ1) is 18.1. The Morgan fingerprint density at radius 2 is 1.86 bits per heavy atom. The van der Waals surface area contributed by atoms with Crippen LogP contribution in [0, 0.1) is 5.82 Å². The molecule has 0 aliphatic rings. The number of hydrogen-bond donors (Lipinski definition) is 1. The summed E-state index contributed by atoms with van der Waals surface area (Å²) in [5.74, 6) is -0.540. The zero-order chi connectivity index (χ0) is 19.3. The quantitative estimate of drug-likeness (QED) is 0.537. The first-order valence-electron chi connectivity index (χ1n) is 8.72. The number of nitrogens with zero attached hydrogens (tertiary/aromatic N) is 3. The van der Waals surface area contributed by atoms with Gasteiger partial charge in [0.05, 0.1) is 12.0 Å². The van der Waals surface area contributed by atoms with Crippen molar-refractivity contribution in [1.29, 1.82) is 0 Å². The summed E-state index contributed by atoms with van der Waals surface area (Å²) in [6, 6.07) is 16.3. The zero-order valence-corrected chi connectivity index (χ0v) is 15.7. The number of aromatic nitrogens is 3. The minimum Gasteiger partial charge on any atom is -0.350 e. The number of carbonyl (C=O) groups is 1. The van der Waals surface area contributed by atoms with Crippen molar-refractivity contribution in [3.63, 3.8) is 0 Å². The van der Waals surface area contributed by atoms with Gasteiger partial charge in [-0.25, -0.2) is 14.4 Å². The minimum atomic E-state index is -0.328. The summed E-state index contributed by atoms with van der Waals surface area (Å²) in [6.45, 7) is 0.262. The van der Waals surface area contributed by atoms with Crippen molar-refractivity contribution in [1.82, 2.24) is 19.9 Å². The normalized spacial score (nSPS) is 10.8. The summed E-state index contributed by atoms with van der Waals surface area (Å²) in [4.78, 5) is 21.1. The van der Waals surface area contributed by atoms with Gasteiger partial charge in [0.2, 0.25) is 5.91 Å². The molecule has 2 aromatic heterocycles. The number of carbonyl (C=O) groups excluding carboxylic acids is 1. The van der Waals surface area contributed by atoms with Crippen LogP contribution in [0.3, 0.4) is 0 Å². The van der Waals surface area contributed by atoms with Gasteiger partial charge in [0.15, 0.2) is 0 Å². The van der Waals surface area contributed by atoms with E-state index in [4.69, 9.17) is 0 Å². The lowest BCUT2D eigenvalue weighted by Crippen LogP contribution is -2.27. The molecule has 5 nitrogen and oxygen atoms in total. The molecule has 2 aromatic carbocycles. The van der Waals surface area contributed by atoms with Gasteiger partial charge in [0.1, 0.15) is 23.1 Å². The molecule has 0 saturated heterocycles. The van der Waals surface area contributed by atoms with Crippen LogP contribution >= 0.6 is 11.3 Å². The number of halogens is 1. The van der Waals surface area contributed by atoms with Crippen LogP contribution in [0.2, 0.25) is 0 Å². The Morgan fingerprint density at radius 1 is 1.07 bits per heavy atom. The van der Waals surface area contributed by atoms with Crippen LogP contribution < -0.4 is 5.32 Å². The van der Waals surface area contributed by atoms with Gasteiger partial charge >= 0.3 is 0 Å². The van der Waals surface area contributed by atoms with Gasteiger partial charge in [-0.3, -0.25) is 4.79 Å². The number of nitrogens with one attached hydrogen (secondary N) is 1. The summed E-state index contributed by atoms with van der Waals surface area (Å²) >= 11 is 1.51. The molecule has 2 heterocycles. The van der Waals surface area contributed by atoms with Crippen LogP contribution in [0.15, 0.2) is 72.5 Å². The lowest BCUT2D eigenvalue weighted by molar-refractivity contribution is -0.121. The largest absolute Gasteiger partial charge is 0.350 e. The van der Waals surface area contributed by atoms with Crippen LogP contribution in [-0.4, -0.2) is 20.4 Å². The molecule has 0 fully saturated rings. The predicted octanol–water partition coefficient (Wildman–Crippen LogP) is 4.13. The predicted molar refractivity (Wildman–Crippen MR) is 107 cm³/mol. The van der Waals surface area contributed by atoms with Gasteiger partial charge in [0, 0.05) is 29.2 Å². The SMILES string of the molecule is O=C(Cn1cnc(-c2nc(-c3ccccc3)cs2)c1)NCc1ccccc1F. The fraction of sp³-hybridized carbons (Fsp3) is 0.0952. The third-order valence-corrected chi connectivity index (χ3v) is 5.05. The second-order valence-corrected chi connectivity index (χ2v) is 7.06. The van der Waals surface area contributed by atoms with E-state index in [-0.39, 0.29) is 24.8 Å². The molecule has 0 atom stereocenters. The fourth-order valence-corrected chi connectivity index (χ4v) is 3.54. The van der Waals surface area contributed by atoms with E-state index in [9.17, 15) is 9.18 Å². The fourth-order valence-electron chi connectivity index (χ4n) is 2.75. The van der Waals surface area contributed by atoms with E-state index in [1.165, 1.54) is 17.4 Å². The summed E-state index contributed by atoms with van der Waals surface area (Å²) in [7, 11) is 0. The van der Waals surface area contributed by atoms with Crippen molar-refractivity contribution in [2.24, 2.45) is 0 Å². The maximum absolute atomic E-state index is 13.6. The molecule has 0 radical (unpaired) electrons. The molecule has 0 unspecified atom stereocenters. The number of imidazole rings is 1. The van der Waals surface area contributed by atoms with Crippen molar-refractivity contribution in [2.45, 2.75) is 13.1 Å². The Balaban J connectivity index is 1.39. The highest BCUT2D eigenvalue weighted by Gasteiger charge is 2.11. The molecule has 4 rings (SSSR count). The maximum Gasteiger partial charge on any atom is 0.240 e. The standard InChI is InChI=1S/C21H17FN4OS/c22-17-9-5-4-8-16(17)10-23-20(27)12-26-11-18(24-14-26)21-25-19(13-28-21)15-6-2-1-3-7-15/h1-9,11,13-14H,10,12H2,(H,23,27). The van der Waals surface area contributed by atoms with Crippen molar-refractivity contribution >= 4 is 17.2 Å². The van der Waals surface area contributed by atoms with E-state index in [1.807, 2.05) is 35.7 Å². The summed E-state index contributed by atoms with van der Waals surface area (Å²) in [6.07, 6.45) is 3.39. The van der Waals surface area contributed by atoms with Gasteiger partial charge in [-0.2, -0.15) is 0 Å². The zero-order valence-electron chi connectivity index (χ0n) is 14.9. The minimum absolute atomic E-state index is 0.109. The van der Waals surface area contributed by atoms with E-state index < -0.39 is 0 Å². The molecule has 0 bridgehead atoms. The number of hydrogen-bond acceptors (Lipinski definition) is 4. The lowest BCUT2D eigenvalue weighted by atomic mass is 10.2. The van der Waals surface area contributed by atoms with E-state index in [1.54, 1.807) is 35.3 Å². The Bertz CT molecular complexity index is 1090. The van der Waals surface area contributed by atoms with Crippen LogP contribution in [0.25, 0.3) is 22.0 Å². The van der Waals surface area contributed by atoms with E-state index in [2.05, 4.69) is 15.3 Å². The highest BCUT2D eigenvalue weighted by molar-refractivity contribution is 7.13. The second-order valence-electron chi connectivity index (χ2n) is 6.20. The highest BCUT2D eigenvalue weighted by atomic mass is 32.1. The molecule has 0 spiro atoms. The summed E-state index contributed by atoms with van der Waals surface area (Å²) in [5, 5.41) is 5.51. The van der Waals surface area contributed by atoms with Gasteiger partial charge in [0.25, 0.3) is 0 Å². The lowest BCUT2D eigenvalue weighted by Gasteiger charge is -2.06. The van der Waals surface area contributed by atoms with Crippen molar-refractivity contribution in [3.8, 4) is 22.0 Å². The van der Waals surface area contributed by atoms with E-state index >= 15 is 0 Å². The summed E-state index contributed by atoms with van der Waals surface area (Å²) in [5.41, 5.74) is 3.13. The van der Waals surface area contributed by atoms with Crippen LogP contribution in [0.5, 0.6) is 0 Å². The Labute approximate surface area is 165 Å². The molecule has 0 saturated carbocycles. The third-order valence-electron chi connectivity index (χ3n) is 4.19. The molecule has 140 valence electrons.